The molecule has 0 amide bonds. The second kappa shape index (κ2) is 10.6. The van der Waals surface area contributed by atoms with E-state index in [0.717, 1.165) is 0 Å². The molecule has 10 atom stereocenters. The van der Waals surface area contributed by atoms with Crippen molar-refractivity contribution in [3.05, 3.63) is 0 Å². The molecule has 4 unspecified atom stereocenters. The minimum atomic E-state index is -4.64. The Kier molecular flexibility index (Phi) is 9.01. The highest BCUT2D eigenvalue weighted by Gasteiger charge is 2.49. The molecule has 2 aliphatic heterocycles. The summed E-state index contributed by atoms with van der Waals surface area (Å²) in [6.45, 7) is 7.53. The van der Waals surface area contributed by atoms with Crippen LogP contribution in [0.15, 0.2) is 0 Å². The molecule has 2 fully saturated rings. The third-order valence-electron chi connectivity index (χ3n) is 6.13. The molecular weight excluding hydrogens is 424 g/mol. The molecule has 2 rings (SSSR count). The molecule has 176 valence electrons. The topological polar surface area (TPSA) is 136 Å². The van der Waals surface area contributed by atoms with Crippen molar-refractivity contribution in [1.29, 1.82) is 0 Å². The van der Waals surface area contributed by atoms with E-state index >= 15 is 0 Å². The first-order valence-corrected chi connectivity index (χ1v) is 11.1. The molecule has 1 N–H and O–H groups in total. The first-order chi connectivity index (χ1) is 14.0. The Balaban J connectivity index is 2.19. The fraction of sp³-hybridized carbons (Fsp3) is 0.944. The number of carbonyl (C=O) groups excluding carboxylic acids is 1. The Hall–Kier alpha value is -0.860. The molecule has 0 spiro atoms. The Morgan fingerprint density at radius 2 is 1.47 bits per heavy atom. The van der Waals surface area contributed by atoms with Crippen molar-refractivity contribution in [2.75, 3.05) is 20.8 Å². The molecule has 0 saturated carbocycles. The van der Waals surface area contributed by atoms with Gasteiger partial charge in [-0.15, -0.1) is 0 Å². The lowest BCUT2D eigenvalue weighted by Gasteiger charge is -2.48. The molecule has 0 radical (unpaired) electrons. The monoisotopic (exact) mass is 456 g/mol. The molecule has 12 heteroatoms. The fourth-order valence-corrected chi connectivity index (χ4v) is 4.28. The molecule has 2 aliphatic rings. The fourth-order valence-electron chi connectivity index (χ4n) is 3.97. The molecule has 2 heterocycles. The van der Waals surface area contributed by atoms with Crippen molar-refractivity contribution in [3.63, 3.8) is 0 Å². The standard InChI is InChI=1S/C18H32O11S/c1-9-12(4)17(27-13(14(9)23-5)7-26-30(20,21)22)28-15-10(2)11(3)16(24-6)29-18(15)25-8-19/h8-18H,7H2,1-6H3,(H,20,21,22)/t9?,10?,11?,12?,13-,14-,15-,16+,17+,18+/m0/s1. The van der Waals surface area contributed by atoms with Gasteiger partial charge in [0.15, 0.2) is 12.6 Å². The summed E-state index contributed by atoms with van der Waals surface area (Å²) in [7, 11) is -1.65. The SMILES string of the molecule is CO[C@@H]1O[C@@H](OC=O)[C@@H](O[C@H]2O[C@@H](COS(=O)(=O)O)[C@@H](OC)C(C)C2C)C(C)C1C. The van der Waals surface area contributed by atoms with E-state index in [-0.39, 0.29) is 30.1 Å². The third kappa shape index (κ3) is 5.88. The van der Waals surface area contributed by atoms with Gasteiger partial charge in [0.1, 0.15) is 12.2 Å². The normalized spacial score (nSPS) is 42.6. The van der Waals surface area contributed by atoms with Crippen molar-refractivity contribution < 1.29 is 50.4 Å². The van der Waals surface area contributed by atoms with Crippen LogP contribution >= 0.6 is 0 Å². The van der Waals surface area contributed by atoms with Crippen LogP contribution in [-0.2, 0) is 47.8 Å². The summed E-state index contributed by atoms with van der Waals surface area (Å²) >= 11 is 0. The number of hydrogen-bond acceptors (Lipinski definition) is 10. The summed E-state index contributed by atoms with van der Waals surface area (Å²) in [5.41, 5.74) is 0. The van der Waals surface area contributed by atoms with Gasteiger partial charge in [-0.1, -0.05) is 27.7 Å². The van der Waals surface area contributed by atoms with Crippen molar-refractivity contribution in [2.45, 2.75) is 64.9 Å². The minimum Gasteiger partial charge on any atom is -0.435 e. The van der Waals surface area contributed by atoms with Gasteiger partial charge >= 0.3 is 10.4 Å². The molecular formula is C18H32O11S. The van der Waals surface area contributed by atoms with Crippen LogP contribution in [0.25, 0.3) is 0 Å². The van der Waals surface area contributed by atoms with Gasteiger partial charge in [-0.3, -0.25) is 9.35 Å². The Bertz CT molecular complexity index is 657. The summed E-state index contributed by atoms with van der Waals surface area (Å²) in [4.78, 5) is 11.0. The lowest BCUT2D eigenvalue weighted by atomic mass is 9.84. The predicted molar refractivity (Wildman–Crippen MR) is 101 cm³/mol. The van der Waals surface area contributed by atoms with E-state index in [1.807, 2.05) is 27.7 Å². The maximum atomic E-state index is 11.0. The molecule has 0 aromatic rings. The van der Waals surface area contributed by atoms with Crippen LogP contribution in [0.4, 0.5) is 0 Å². The number of hydrogen-bond donors (Lipinski definition) is 1. The molecule has 0 aliphatic carbocycles. The maximum Gasteiger partial charge on any atom is 0.397 e. The number of carbonyl (C=O) groups is 1. The second-order valence-corrected chi connectivity index (χ2v) is 8.92. The highest BCUT2D eigenvalue weighted by molar-refractivity contribution is 7.80. The van der Waals surface area contributed by atoms with Gasteiger partial charge in [0.2, 0.25) is 6.29 Å². The van der Waals surface area contributed by atoms with E-state index < -0.39 is 54.2 Å². The predicted octanol–water partition coefficient (Wildman–Crippen LogP) is 0.977. The Morgan fingerprint density at radius 1 is 0.867 bits per heavy atom. The summed E-state index contributed by atoms with van der Waals surface area (Å²) in [5.74, 6) is -0.435. The van der Waals surface area contributed by atoms with Gasteiger partial charge in [-0.05, 0) is 11.8 Å². The number of ether oxygens (including phenoxy) is 6. The largest absolute Gasteiger partial charge is 0.435 e. The molecule has 11 nitrogen and oxygen atoms in total. The van der Waals surface area contributed by atoms with Gasteiger partial charge in [-0.2, -0.15) is 8.42 Å². The van der Waals surface area contributed by atoms with Crippen LogP contribution in [0.2, 0.25) is 0 Å². The van der Waals surface area contributed by atoms with Crippen LogP contribution < -0.4 is 0 Å². The van der Waals surface area contributed by atoms with E-state index in [2.05, 4.69) is 4.18 Å². The third-order valence-corrected chi connectivity index (χ3v) is 6.57. The summed E-state index contributed by atoms with van der Waals surface area (Å²) in [5, 5.41) is 0. The van der Waals surface area contributed by atoms with Gasteiger partial charge in [0, 0.05) is 26.1 Å². The van der Waals surface area contributed by atoms with Crippen LogP contribution in [-0.4, -0.2) is 77.5 Å². The zero-order valence-corrected chi connectivity index (χ0v) is 18.8. The van der Waals surface area contributed by atoms with Gasteiger partial charge < -0.3 is 28.4 Å². The first-order valence-electron chi connectivity index (χ1n) is 9.76. The average Bonchev–Trinajstić information content (AvgIpc) is 2.68. The van der Waals surface area contributed by atoms with Crippen molar-refractivity contribution in [3.8, 4) is 0 Å². The quantitative estimate of drug-likeness (QED) is 0.393. The highest BCUT2D eigenvalue weighted by Crippen LogP contribution is 2.38. The zero-order valence-electron chi connectivity index (χ0n) is 18.0. The molecule has 2 saturated heterocycles. The zero-order chi connectivity index (χ0) is 22.6. The maximum absolute atomic E-state index is 11.0. The average molecular weight is 457 g/mol. The number of rotatable bonds is 9. The van der Waals surface area contributed by atoms with E-state index in [1.165, 1.54) is 14.2 Å². The van der Waals surface area contributed by atoms with Crippen LogP contribution in [0.3, 0.4) is 0 Å². The van der Waals surface area contributed by atoms with Crippen LogP contribution in [0, 0.1) is 23.7 Å². The Morgan fingerprint density at radius 3 is 2.00 bits per heavy atom. The van der Waals surface area contributed by atoms with Gasteiger partial charge in [0.25, 0.3) is 6.47 Å². The molecule has 30 heavy (non-hydrogen) atoms. The van der Waals surface area contributed by atoms with Crippen LogP contribution in [0.1, 0.15) is 27.7 Å². The highest BCUT2D eigenvalue weighted by atomic mass is 32.3. The van der Waals surface area contributed by atoms with Gasteiger partial charge in [-0.25, -0.2) is 4.18 Å². The van der Waals surface area contributed by atoms with Crippen LogP contribution in [0.5, 0.6) is 0 Å². The lowest BCUT2D eigenvalue weighted by Crippen LogP contribution is -2.57. The second-order valence-electron chi connectivity index (χ2n) is 7.83. The summed E-state index contributed by atoms with van der Waals surface area (Å²) < 4.78 is 69.1. The van der Waals surface area contributed by atoms with Gasteiger partial charge in [0.05, 0.1) is 12.7 Å². The Labute approximate surface area is 177 Å². The molecule has 0 bridgehead atoms. The molecule has 0 aromatic carbocycles. The summed E-state index contributed by atoms with van der Waals surface area (Å²) in [6, 6.07) is 0. The van der Waals surface area contributed by atoms with Crippen molar-refractivity contribution >= 4 is 16.9 Å². The summed E-state index contributed by atoms with van der Waals surface area (Å²) in [6.07, 6.45) is -4.32. The van der Waals surface area contributed by atoms with E-state index in [0.29, 0.717) is 0 Å². The number of methoxy groups -OCH3 is 2. The molecule has 0 aromatic heterocycles. The van der Waals surface area contributed by atoms with Crippen molar-refractivity contribution in [2.24, 2.45) is 23.7 Å². The van der Waals surface area contributed by atoms with E-state index in [1.54, 1.807) is 0 Å². The van der Waals surface area contributed by atoms with E-state index in [4.69, 9.17) is 33.0 Å². The lowest BCUT2D eigenvalue weighted by molar-refractivity contribution is -0.357. The smallest absolute Gasteiger partial charge is 0.397 e. The van der Waals surface area contributed by atoms with Crippen molar-refractivity contribution in [1.82, 2.24) is 0 Å². The first kappa shape index (κ1) is 25.4. The minimum absolute atomic E-state index is 0.0618. The van der Waals surface area contributed by atoms with E-state index in [9.17, 15) is 13.2 Å².